The van der Waals surface area contributed by atoms with E-state index in [-0.39, 0.29) is 27.7 Å². The van der Waals surface area contributed by atoms with Crippen molar-refractivity contribution < 1.29 is 23.5 Å². The third-order valence-corrected chi connectivity index (χ3v) is 6.99. The molecule has 12 heteroatoms. The number of aromatic carboxylic acids is 1. The number of benzene rings is 2. The van der Waals surface area contributed by atoms with Gasteiger partial charge in [-0.05, 0) is 49.7 Å². The fourth-order valence-corrected chi connectivity index (χ4v) is 4.91. The molecular weight excluding hydrogens is 544 g/mol. The van der Waals surface area contributed by atoms with Crippen LogP contribution < -0.4 is 10.9 Å². The summed E-state index contributed by atoms with van der Waals surface area (Å²) in [6.07, 6.45) is 0. The van der Waals surface area contributed by atoms with E-state index in [0.29, 0.717) is 27.9 Å². The molecule has 206 valence electrons. The van der Waals surface area contributed by atoms with Crippen LogP contribution in [0.3, 0.4) is 0 Å². The van der Waals surface area contributed by atoms with Crippen LogP contribution in [0.25, 0.3) is 22.3 Å². The number of fused-ring (bicyclic) bond motifs is 1. The van der Waals surface area contributed by atoms with Crippen LogP contribution in [0.4, 0.5) is 14.5 Å². The Kier molecular flexibility index (Phi) is 6.79. The minimum atomic E-state index is -2.86. The first kappa shape index (κ1) is 27.2. The molecule has 0 radical (unpaired) electrons. The number of nitrogens with zero attached hydrogens (tertiary/aromatic N) is 4. The number of carbonyl (C=O) groups is 2. The lowest BCUT2D eigenvalue weighted by atomic mass is 10.0. The van der Waals surface area contributed by atoms with Crippen LogP contribution in [0.1, 0.15) is 44.9 Å². The van der Waals surface area contributed by atoms with Crippen molar-refractivity contribution in [3.05, 3.63) is 86.4 Å². The number of likely N-dealkylation sites (tertiary alicyclic amines) is 1. The molecule has 1 fully saturated rings. The number of alkyl halides is 2. The number of pyridine rings is 1. The van der Waals surface area contributed by atoms with Crippen molar-refractivity contribution in [3.63, 3.8) is 0 Å². The fraction of sp³-hybridized carbons (Fsp3) is 0.250. The summed E-state index contributed by atoms with van der Waals surface area (Å²) in [6.45, 7) is 2.44. The average molecular weight is 568 g/mol. The maximum atomic E-state index is 13.4. The lowest BCUT2D eigenvalue weighted by Gasteiger charge is -2.38. The predicted molar refractivity (Wildman–Crippen MR) is 146 cm³/mol. The first-order valence-electron chi connectivity index (χ1n) is 12.3. The van der Waals surface area contributed by atoms with Crippen LogP contribution in [-0.2, 0) is 7.05 Å². The van der Waals surface area contributed by atoms with Gasteiger partial charge in [-0.3, -0.25) is 14.2 Å². The van der Waals surface area contributed by atoms with Crippen molar-refractivity contribution in [1.82, 2.24) is 19.4 Å². The van der Waals surface area contributed by atoms with E-state index in [1.807, 2.05) is 19.9 Å². The van der Waals surface area contributed by atoms with Gasteiger partial charge in [0.2, 0.25) is 0 Å². The SMILES string of the molecule is Cc1cc([C@@H](C)Nc2ccc(Cl)nc2C(=O)O)c2nc(-c3ccc(C(=O)N4CC(F)(F)C4)cc3)n(C)c(=O)c2c1. The number of nitrogens with one attached hydrogen (secondary N) is 1. The molecule has 1 saturated heterocycles. The van der Waals surface area contributed by atoms with Gasteiger partial charge in [0.05, 0.1) is 35.7 Å². The molecule has 0 bridgehead atoms. The Hall–Kier alpha value is -4.38. The lowest BCUT2D eigenvalue weighted by Crippen LogP contribution is -2.58. The van der Waals surface area contributed by atoms with Crippen LogP contribution in [0.15, 0.2) is 53.3 Å². The molecule has 5 rings (SSSR count). The van der Waals surface area contributed by atoms with E-state index in [1.165, 1.54) is 28.8 Å². The first-order chi connectivity index (χ1) is 18.8. The van der Waals surface area contributed by atoms with E-state index in [0.717, 1.165) is 10.5 Å². The number of carboxylic acid groups (broad SMARTS) is 1. The van der Waals surface area contributed by atoms with Gasteiger partial charge in [0, 0.05) is 23.7 Å². The molecule has 1 atom stereocenters. The van der Waals surface area contributed by atoms with Gasteiger partial charge in [0.25, 0.3) is 17.4 Å². The number of anilines is 1. The van der Waals surface area contributed by atoms with Gasteiger partial charge in [-0.2, -0.15) is 0 Å². The zero-order valence-corrected chi connectivity index (χ0v) is 22.5. The average Bonchev–Trinajstić information content (AvgIpc) is 2.89. The number of aromatic nitrogens is 3. The molecule has 4 aromatic rings. The van der Waals surface area contributed by atoms with Gasteiger partial charge < -0.3 is 15.3 Å². The molecule has 0 spiro atoms. The monoisotopic (exact) mass is 567 g/mol. The molecular formula is C28H24ClF2N5O4. The second-order valence-corrected chi connectivity index (χ2v) is 10.2. The largest absolute Gasteiger partial charge is 0.476 e. The van der Waals surface area contributed by atoms with Gasteiger partial charge in [0.15, 0.2) is 5.69 Å². The zero-order valence-electron chi connectivity index (χ0n) is 21.7. The van der Waals surface area contributed by atoms with Crippen LogP contribution in [0.5, 0.6) is 0 Å². The Morgan fingerprint density at radius 1 is 1.10 bits per heavy atom. The highest BCUT2D eigenvalue weighted by Gasteiger charge is 2.46. The number of aryl methyl sites for hydroxylation is 1. The van der Waals surface area contributed by atoms with Crippen molar-refractivity contribution in [1.29, 1.82) is 0 Å². The van der Waals surface area contributed by atoms with Gasteiger partial charge >= 0.3 is 5.97 Å². The summed E-state index contributed by atoms with van der Waals surface area (Å²) in [6, 6.07) is 12.4. The van der Waals surface area contributed by atoms with E-state index in [4.69, 9.17) is 16.6 Å². The van der Waals surface area contributed by atoms with Crippen LogP contribution in [0, 0.1) is 6.92 Å². The Balaban J connectivity index is 1.54. The Labute approximate surface area is 232 Å². The van der Waals surface area contributed by atoms with E-state index in [2.05, 4.69) is 10.3 Å². The molecule has 0 saturated carbocycles. The predicted octanol–water partition coefficient (Wildman–Crippen LogP) is 4.92. The van der Waals surface area contributed by atoms with Crippen molar-refractivity contribution in [2.45, 2.75) is 25.8 Å². The molecule has 2 aromatic carbocycles. The summed E-state index contributed by atoms with van der Waals surface area (Å²) in [4.78, 5) is 47.4. The van der Waals surface area contributed by atoms with Crippen LogP contribution in [-0.4, -0.2) is 55.4 Å². The quantitative estimate of drug-likeness (QED) is 0.318. The highest BCUT2D eigenvalue weighted by atomic mass is 35.5. The molecule has 9 nitrogen and oxygen atoms in total. The first-order valence-corrected chi connectivity index (χ1v) is 12.7. The molecule has 3 heterocycles. The van der Waals surface area contributed by atoms with E-state index < -0.39 is 36.9 Å². The minimum Gasteiger partial charge on any atom is -0.476 e. The molecule has 1 aliphatic heterocycles. The van der Waals surface area contributed by atoms with E-state index in [1.54, 1.807) is 25.2 Å². The number of halogens is 3. The molecule has 2 N–H and O–H groups in total. The zero-order chi connectivity index (χ0) is 28.9. The molecule has 0 aliphatic carbocycles. The fourth-order valence-electron chi connectivity index (χ4n) is 4.77. The Morgan fingerprint density at radius 3 is 2.40 bits per heavy atom. The van der Waals surface area contributed by atoms with Crippen molar-refractivity contribution >= 4 is 40.1 Å². The number of hydrogen-bond acceptors (Lipinski definition) is 6. The highest BCUT2D eigenvalue weighted by molar-refractivity contribution is 6.29. The van der Waals surface area contributed by atoms with Crippen molar-refractivity contribution in [2.75, 3.05) is 18.4 Å². The second kappa shape index (κ2) is 9.98. The normalized spacial score (nSPS) is 15.0. The smallest absolute Gasteiger partial charge is 0.356 e. The van der Waals surface area contributed by atoms with Crippen molar-refractivity contribution in [3.8, 4) is 11.4 Å². The Bertz CT molecular complexity index is 1730. The molecule has 1 amide bonds. The van der Waals surface area contributed by atoms with Crippen LogP contribution >= 0.6 is 11.6 Å². The number of carbonyl (C=O) groups excluding carboxylic acids is 1. The summed E-state index contributed by atoms with van der Waals surface area (Å²) >= 11 is 5.88. The van der Waals surface area contributed by atoms with Crippen molar-refractivity contribution in [2.24, 2.45) is 7.05 Å². The number of rotatable bonds is 6. The second-order valence-electron chi connectivity index (χ2n) is 9.85. The summed E-state index contributed by atoms with van der Waals surface area (Å²) in [5, 5.41) is 13.1. The van der Waals surface area contributed by atoms with E-state index >= 15 is 0 Å². The lowest BCUT2D eigenvalue weighted by molar-refractivity contribution is -0.113. The Morgan fingerprint density at radius 2 is 1.77 bits per heavy atom. The van der Waals surface area contributed by atoms with Gasteiger partial charge in [-0.15, -0.1) is 0 Å². The summed E-state index contributed by atoms with van der Waals surface area (Å²) in [5.41, 5.74) is 2.42. The van der Waals surface area contributed by atoms with Gasteiger partial charge in [0.1, 0.15) is 11.0 Å². The van der Waals surface area contributed by atoms with E-state index in [9.17, 15) is 28.3 Å². The third kappa shape index (κ3) is 5.00. The van der Waals surface area contributed by atoms with Gasteiger partial charge in [-0.25, -0.2) is 23.5 Å². The number of carboxylic acids is 1. The standard InChI is InChI=1S/C28H24ClF2N5O4/c1-14-10-18(15(2)32-20-8-9-21(29)33-23(20)27(39)40)22-19(11-14)26(38)35(3)24(34-22)16-4-6-17(7-5-16)25(37)36-12-28(30,31)13-36/h4-11,15,32H,12-13H2,1-3H3,(H,39,40)/t15-/m1/s1. The van der Waals surface area contributed by atoms with Gasteiger partial charge in [-0.1, -0.05) is 29.8 Å². The summed E-state index contributed by atoms with van der Waals surface area (Å²) < 4.78 is 27.8. The third-order valence-electron chi connectivity index (χ3n) is 6.78. The summed E-state index contributed by atoms with van der Waals surface area (Å²) in [7, 11) is 1.59. The number of amides is 1. The molecule has 2 aromatic heterocycles. The highest BCUT2D eigenvalue weighted by Crippen LogP contribution is 2.31. The maximum Gasteiger partial charge on any atom is 0.356 e. The maximum absolute atomic E-state index is 13.4. The van der Waals surface area contributed by atoms with Crippen LogP contribution in [0.2, 0.25) is 5.15 Å². The molecule has 0 unspecified atom stereocenters. The molecule has 1 aliphatic rings. The topological polar surface area (TPSA) is 117 Å². The summed E-state index contributed by atoms with van der Waals surface area (Å²) in [5.74, 6) is -4.26. The minimum absolute atomic E-state index is 0.0435. The molecule has 40 heavy (non-hydrogen) atoms. The number of hydrogen-bond donors (Lipinski definition) is 2.